The third kappa shape index (κ3) is 4.49. The molecule has 7 heteroatoms. The number of nitrogens with two attached hydrogens (primary N) is 1. The Morgan fingerprint density at radius 2 is 1.72 bits per heavy atom. The number of carboxylic acid groups (broad SMARTS) is 1. The molecule has 32 heavy (non-hydrogen) atoms. The zero-order valence-electron chi connectivity index (χ0n) is 18.3. The SMILES string of the molecule is COc1cccc2c1ccc1nc3cccc(C(=O)O)c3nc12.NCCN1CCCCC1. The molecule has 1 saturated heterocycles. The van der Waals surface area contributed by atoms with Gasteiger partial charge in [0.05, 0.1) is 29.2 Å². The van der Waals surface area contributed by atoms with E-state index in [2.05, 4.69) is 14.9 Å². The summed E-state index contributed by atoms with van der Waals surface area (Å²) in [5, 5.41) is 11.2. The van der Waals surface area contributed by atoms with Gasteiger partial charge in [-0.05, 0) is 56.3 Å². The lowest BCUT2D eigenvalue weighted by molar-refractivity contribution is 0.0699. The molecule has 2 heterocycles. The second-order valence-electron chi connectivity index (χ2n) is 7.88. The summed E-state index contributed by atoms with van der Waals surface area (Å²) in [5.41, 5.74) is 7.92. The molecule has 0 spiro atoms. The van der Waals surface area contributed by atoms with E-state index in [-0.39, 0.29) is 5.56 Å². The Kier molecular flexibility index (Phi) is 6.78. The van der Waals surface area contributed by atoms with E-state index >= 15 is 0 Å². The minimum Gasteiger partial charge on any atom is -0.496 e. The van der Waals surface area contributed by atoms with Gasteiger partial charge >= 0.3 is 5.97 Å². The minimum absolute atomic E-state index is 0.150. The maximum absolute atomic E-state index is 11.4. The van der Waals surface area contributed by atoms with Gasteiger partial charge in [0.15, 0.2) is 0 Å². The van der Waals surface area contributed by atoms with Gasteiger partial charge in [0, 0.05) is 23.9 Å². The van der Waals surface area contributed by atoms with Gasteiger partial charge in [-0.25, -0.2) is 14.8 Å². The van der Waals surface area contributed by atoms with Crippen molar-refractivity contribution >= 4 is 38.8 Å². The summed E-state index contributed by atoms with van der Waals surface area (Å²) < 4.78 is 5.38. The third-order valence-electron chi connectivity index (χ3n) is 5.80. The third-order valence-corrected chi connectivity index (χ3v) is 5.80. The molecule has 0 radical (unpaired) electrons. The fourth-order valence-electron chi connectivity index (χ4n) is 4.21. The number of benzene rings is 3. The van der Waals surface area contributed by atoms with Crippen LogP contribution in [0.2, 0.25) is 0 Å². The normalized spacial score (nSPS) is 14.3. The number of aromatic nitrogens is 2. The molecule has 0 unspecified atom stereocenters. The van der Waals surface area contributed by atoms with Crippen LogP contribution in [0, 0.1) is 0 Å². The molecular weight excluding hydrogens is 404 g/mol. The Morgan fingerprint density at radius 1 is 0.969 bits per heavy atom. The molecule has 0 atom stereocenters. The quantitative estimate of drug-likeness (QED) is 0.370. The summed E-state index contributed by atoms with van der Waals surface area (Å²) >= 11 is 0. The summed E-state index contributed by atoms with van der Waals surface area (Å²) in [7, 11) is 1.62. The van der Waals surface area contributed by atoms with Gasteiger partial charge < -0.3 is 20.5 Å². The average Bonchev–Trinajstić information content (AvgIpc) is 2.83. The number of nitrogens with zero attached hydrogens (tertiary/aromatic N) is 3. The van der Waals surface area contributed by atoms with E-state index in [1.807, 2.05) is 30.3 Å². The van der Waals surface area contributed by atoms with Crippen molar-refractivity contribution in [3.05, 3.63) is 54.1 Å². The highest BCUT2D eigenvalue weighted by molar-refractivity contribution is 6.10. The predicted molar refractivity (Wildman–Crippen MR) is 127 cm³/mol. The largest absolute Gasteiger partial charge is 0.496 e. The average molecular weight is 433 g/mol. The maximum Gasteiger partial charge on any atom is 0.337 e. The van der Waals surface area contributed by atoms with Crippen LogP contribution in [0.3, 0.4) is 0 Å². The highest BCUT2D eigenvalue weighted by Gasteiger charge is 2.13. The number of rotatable bonds is 4. The smallest absolute Gasteiger partial charge is 0.337 e. The van der Waals surface area contributed by atoms with Crippen molar-refractivity contribution in [1.82, 2.24) is 14.9 Å². The van der Waals surface area contributed by atoms with Crippen molar-refractivity contribution in [2.75, 3.05) is 33.3 Å². The number of para-hydroxylation sites is 1. The molecule has 0 saturated carbocycles. The van der Waals surface area contributed by atoms with Crippen LogP contribution in [-0.2, 0) is 0 Å². The van der Waals surface area contributed by atoms with Gasteiger partial charge in [-0.2, -0.15) is 0 Å². The monoisotopic (exact) mass is 432 g/mol. The second kappa shape index (κ2) is 9.89. The Morgan fingerprint density at radius 3 is 2.44 bits per heavy atom. The number of hydrogen-bond donors (Lipinski definition) is 2. The van der Waals surface area contributed by atoms with Gasteiger partial charge in [0.2, 0.25) is 0 Å². The molecule has 166 valence electrons. The van der Waals surface area contributed by atoms with E-state index < -0.39 is 5.97 Å². The lowest BCUT2D eigenvalue weighted by Crippen LogP contribution is -2.33. The van der Waals surface area contributed by atoms with Gasteiger partial charge in [-0.3, -0.25) is 0 Å². The minimum atomic E-state index is -1.01. The summed E-state index contributed by atoms with van der Waals surface area (Å²) in [5.74, 6) is -0.264. The van der Waals surface area contributed by atoms with E-state index in [1.54, 1.807) is 19.2 Å². The molecule has 0 aliphatic carbocycles. The first-order valence-electron chi connectivity index (χ1n) is 10.9. The number of carboxylic acids is 1. The highest BCUT2D eigenvalue weighted by Crippen LogP contribution is 2.31. The molecule has 0 amide bonds. The Balaban J connectivity index is 0.000000230. The number of ether oxygens (including phenoxy) is 1. The molecule has 1 aliphatic heterocycles. The van der Waals surface area contributed by atoms with Crippen LogP contribution in [0.5, 0.6) is 5.75 Å². The lowest BCUT2D eigenvalue weighted by Gasteiger charge is -2.25. The molecule has 1 aromatic heterocycles. The summed E-state index contributed by atoms with van der Waals surface area (Å²) in [6, 6.07) is 14.5. The van der Waals surface area contributed by atoms with E-state index in [1.165, 1.54) is 38.4 Å². The molecule has 1 aliphatic rings. The summed E-state index contributed by atoms with van der Waals surface area (Å²) in [4.78, 5) is 23.0. The van der Waals surface area contributed by atoms with Crippen LogP contribution in [0.4, 0.5) is 0 Å². The predicted octanol–water partition coefficient (Wildman–Crippen LogP) is 4.07. The van der Waals surface area contributed by atoms with Crippen molar-refractivity contribution in [2.45, 2.75) is 19.3 Å². The molecule has 7 nitrogen and oxygen atoms in total. The fourth-order valence-corrected chi connectivity index (χ4v) is 4.21. The summed E-state index contributed by atoms with van der Waals surface area (Å²) in [6.07, 6.45) is 4.17. The number of piperidine rings is 1. The fraction of sp³-hybridized carbons (Fsp3) is 0.320. The molecule has 0 bridgehead atoms. The second-order valence-corrected chi connectivity index (χ2v) is 7.88. The van der Waals surface area contributed by atoms with Crippen LogP contribution in [0.25, 0.3) is 32.8 Å². The van der Waals surface area contributed by atoms with Gasteiger partial charge in [-0.1, -0.05) is 24.6 Å². The molecular formula is C25H28N4O3. The van der Waals surface area contributed by atoms with Crippen LogP contribution in [-0.4, -0.2) is 59.2 Å². The van der Waals surface area contributed by atoms with Crippen LogP contribution in [0.15, 0.2) is 48.5 Å². The van der Waals surface area contributed by atoms with Crippen molar-refractivity contribution in [1.29, 1.82) is 0 Å². The molecule has 4 aromatic rings. The molecule has 5 rings (SSSR count). The van der Waals surface area contributed by atoms with E-state index in [0.29, 0.717) is 16.6 Å². The topological polar surface area (TPSA) is 102 Å². The number of methoxy groups -OCH3 is 1. The Labute approximate surface area is 186 Å². The number of aromatic carboxylic acids is 1. The standard InChI is InChI=1S/C18H12N2O3.C7H16N2/c1-23-15-7-3-4-11-10(15)8-9-14-16(11)20-17-12(18(21)22)5-2-6-13(17)19-14;8-4-7-9-5-2-1-3-6-9/h2-9H,1H3,(H,21,22);1-8H2. The van der Waals surface area contributed by atoms with Crippen molar-refractivity contribution in [3.63, 3.8) is 0 Å². The zero-order chi connectivity index (χ0) is 22.5. The number of hydrogen-bond acceptors (Lipinski definition) is 6. The Bertz CT molecular complexity index is 1250. The first-order valence-corrected chi connectivity index (χ1v) is 10.9. The van der Waals surface area contributed by atoms with Crippen molar-refractivity contribution in [2.24, 2.45) is 5.73 Å². The van der Waals surface area contributed by atoms with E-state index in [0.717, 1.165) is 35.1 Å². The van der Waals surface area contributed by atoms with Gasteiger partial charge in [0.1, 0.15) is 11.3 Å². The van der Waals surface area contributed by atoms with Crippen LogP contribution in [0.1, 0.15) is 29.6 Å². The van der Waals surface area contributed by atoms with Gasteiger partial charge in [0.25, 0.3) is 0 Å². The number of carbonyl (C=O) groups is 1. The highest BCUT2D eigenvalue weighted by atomic mass is 16.5. The first kappa shape index (κ1) is 21.9. The Hall–Kier alpha value is -3.29. The van der Waals surface area contributed by atoms with Crippen molar-refractivity contribution in [3.8, 4) is 5.75 Å². The maximum atomic E-state index is 11.4. The van der Waals surface area contributed by atoms with Crippen molar-refractivity contribution < 1.29 is 14.6 Å². The number of likely N-dealkylation sites (tertiary alicyclic amines) is 1. The summed E-state index contributed by atoms with van der Waals surface area (Å²) in [6.45, 7) is 4.47. The van der Waals surface area contributed by atoms with Crippen LogP contribution < -0.4 is 10.5 Å². The lowest BCUT2D eigenvalue weighted by atomic mass is 10.1. The zero-order valence-corrected chi connectivity index (χ0v) is 18.3. The van der Waals surface area contributed by atoms with E-state index in [4.69, 9.17) is 10.5 Å². The van der Waals surface area contributed by atoms with E-state index in [9.17, 15) is 9.90 Å². The van der Waals surface area contributed by atoms with Gasteiger partial charge in [-0.15, -0.1) is 0 Å². The first-order chi connectivity index (χ1) is 15.6. The molecule has 1 fully saturated rings. The molecule has 3 N–H and O–H groups in total. The van der Waals surface area contributed by atoms with Crippen LogP contribution >= 0.6 is 0 Å². The number of fused-ring (bicyclic) bond motifs is 4. The molecule has 3 aromatic carbocycles.